The number of halogens is 1. The molecule has 0 spiro atoms. The Morgan fingerprint density at radius 3 is 2.63 bits per heavy atom. The van der Waals surface area contributed by atoms with Gasteiger partial charge < -0.3 is 15.8 Å². The summed E-state index contributed by atoms with van der Waals surface area (Å²) in [6, 6.07) is 5.50. The van der Waals surface area contributed by atoms with Gasteiger partial charge in [0.15, 0.2) is 5.84 Å². The highest BCUT2D eigenvalue weighted by Gasteiger charge is 2.15. The number of nitrogens with two attached hydrogens (primary N) is 1. The van der Waals surface area contributed by atoms with Crippen LogP contribution >= 0.6 is 11.6 Å². The Labute approximate surface area is 118 Å². The number of nitrogens with zero attached hydrogens (tertiary/aromatic N) is 3. The van der Waals surface area contributed by atoms with Crippen molar-refractivity contribution in [2.75, 3.05) is 33.2 Å². The lowest BCUT2D eigenvalue weighted by atomic mass is 10.1. The van der Waals surface area contributed by atoms with Gasteiger partial charge in [-0.2, -0.15) is 0 Å². The molecule has 1 heterocycles. The van der Waals surface area contributed by atoms with E-state index in [1.807, 2.05) is 12.1 Å². The minimum atomic E-state index is 0.0769. The molecule has 1 fully saturated rings. The van der Waals surface area contributed by atoms with E-state index in [-0.39, 0.29) is 5.84 Å². The number of amidine groups is 1. The van der Waals surface area contributed by atoms with Gasteiger partial charge in [0, 0.05) is 43.3 Å². The molecule has 1 aliphatic rings. The van der Waals surface area contributed by atoms with Crippen LogP contribution in [0, 0.1) is 0 Å². The van der Waals surface area contributed by atoms with Gasteiger partial charge in [0.1, 0.15) is 0 Å². The molecule has 1 aliphatic heterocycles. The van der Waals surface area contributed by atoms with E-state index >= 15 is 0 Å². The van der Waals surface area contributed by atoms with Gasteiger partial charge in [-0.3, -0.25) is 4.90 Å². The van der Waals surface area contributed by atoms with Crippen LogP contribution < -0.4 is 5.73 Å². The predicted octanol–water partition coefficient (Wildman–Crippen LogP) is 1.18. The molecule has 0 radical (unpaired) electrons. The third-order valence-electron chi connectivity index (χ3n) is 3.45. The minimum absolute atomic E-state index is 0.0769. The summed E-state index contributed by atoms with van der Waals surface area (Å²) in [6.45, 7) is 5.10. The Bertz CT molecular complexity index is 470. The fourth-order valence-electron chi connectivity index (χ4n) is 2.14. The maximum atomic E-state index is 8.64. The van der Waals surface area contributed by atoms with Gasteiger partial charge in [0.2, 0.25) is 0 Å². The number of oxime groups is 1. The molecule has 1 aromatic carbocycles. The molecule has 0 saturated carbocycles. The number of hydrogen-bond donors (Lipinski definition) is 2. The van der Waals surface area contributed by atoms with Crippen molar-refractivity contribution in [2.24, 2.45) is 10.9 Å². The largest absolute Gasteiger partial charge is 0.409 e. The number of piperazine rings is 1. The molecule has 0 aromatic heterocycles. The van der Waals surface area contributed by atoms with E-state index in [0.29, 0.717) is 10.6 Å². The molecule has 0 amide bonds. The molecular formula is C13H19ClN4O. The topological polar surface area (TPSA) is 65.1 Å². The van der Waals surface area contributed by atoms with Crippen LogP contribution in [0.5, 0.6) is 0 Å². The molecule has 5 nitrogen and oxygen atoms in total. The smallest absolute Gasteiger partial charge is 0.170 e. The molecule has 2 rings (SSSR count). The van der Waals surface area contributed by atoms with Crippen LogP contribution in [0.2, 0.25) is 5.02 Å². The fraction of sp³-hybridized carbons (Fsp3) is 0.462. The molecule has 3 N–H and O–H groups in total. The van der Waals surface area contributed by atoms with Gasteiger partial charge in [-0.25, -0.2) is 0 Å². The average molecular weight is 283 g/mol. The van der Waals surface area contributed by atoms with Gasteiger partial charge in [-0.15, -0.1) is 0 Å². The van der Waals surface area contributed by atoms with Crippen molar-refractivity contribution in [3.05, 3.63) is 34.3 Å². The highest BCUT2D eigenvalue weighted by atomic mass is 35.5. The van der Waals surface area contributed by atoms with Crippen molar-refractivity contribution in [1.82, 2.24) is 9.80 Å². The van der Waals surface area contributed by atoms with Crippen LogP contribution in [-0.4, -0.2) is 54.1 Å². The first kappa shape index (κ1) is 14.1. The van der Waals surface area contributed by atoms with Crippen LogP contribution in [0.3, 0.4) is 0 Å². The van der Waals surface area contributed by atoms with Crippen molar-refractivity contribution in [1.29, 1.82) is 0 Å². The Balaban J connectivity index is 2.05. The monoisotopic (exact) mass is 282 g/mol. The summed E-state index contributed by atoms with van der Waals surface area (Å²) < 4.78 is 0. The molecule has 6 heteroatoms. The molecule has 0 atom stereocenters. The second kappa shape index (κ2) is 6.23. The highest BCUT2D eigenvalue weighted by molar-refractivity contribution is 6.31. The van der Waals surface area contributed by atoms with Crippen LogP contribution in [0.1, 0.15) is 11.1 Å². The van der Waals surface area contributed by atoms with Crippen molar-refractivity contribution >= 4 is 17.4 Å². The number of benzene rings is 1. The molecule has 0 bridgehead atoms. The first-order valence-electron chi connectivity index (χ1n) is 6.27. The first-order valence-corrected chi connectivity index (χ1v) is 6.65. The van der Waals surface area contributed by atoms with Gasteiger partial charge in [0.05, 0.1) is 0 Å². The molecule has 1 saturated heterocycles. The summed E-state index contributed by atoms with van der Waals surface area (Å²) in [4.78, 5) is 4.70. The van der Waals surface area contributed by atoms with Crippen molar-refractivity contribution in [3.63, 3.8) is 0 Å². The van der Waals surface area contributed by atoms with E-state index in [0.717, 1.165) is 38.3 Å². The summed E-state index contributed by atoms with van der Waals surface area (Å²) in [6.07, 6.45) is 0. The summed E-state index contributed by atoms with van der Waals surface area (Å²) in [7, 11) is 2.14. The van der Waals surface area contributed by atoms with Crippen molar-refractivity contribution < 1.29 is 5.21 Å². The molecule has 1 aromatic rings. The number of hydrogen-bond acceptors (Lipinski definition) is 4. The SMILES string of the molecule is CN1CCN(Cc2ccc(/C(N)=N/O)cc2Cl)CC1. The van der Waals surface area contributed by atoms with Gasteiger partial charge in [-0.1, -0.05) is 28.9 Å². The van der Waals surface area contributed by atoms with E-state index < -0.39 is 0 Å². The third kappa shape index (κ3) is 3.59. The second-order valence-corrected chi connectivity index (χ2v) is 5.28. The fourth-order valence-corrected chi connectivity index (χ4v) is 2.38. The normalized spacial score (nSPS) is 18.7. The zero-order chi connectivity index (χ0) is 13.8. The lowest BCUT2D eigenvalue weighted by Crippen LogP contribution is -2.43. The quantitative estimate of drug-likeness (QED) is 0.378. The molecule has 104 valence electrons. The Hall–Kier alpha value is -1.30. The summed E-state index contributed by atoms with van der Waals surface area (Å²) >= 11 is 6.25. The molecule has 0 unspecified atom stereocenters. The van der Waals surface area contributed by atoms with E-state index in [9.17, 15) is 0 Å². The van der Waals surface area contributed by atoms with Crippen LogP contribution in [0.25, 0.3) is 0 Å². The summed E-state index contributed by atoms with van der Waals surface area (Å²) in [5, 5.41) is 12.3. The van der Waals surface area contributed by atoms with Crippen LogP contribution in [0.15, 0.2) is 23.4 Å². The zero-order valence-electron chi connectivity index (χ0n) is 11.0. The van der Waals surface area contributed by atoms with E-state index in [1.54, 1.807) is 6.07 Å². The predicted molar refractivity (Wildman–Crippen MR) is 76.7 cm³/mol. The Morgan fingerprint density at radius 1 is 1.37 bits per heavy atom. The molecular weight excluding hydrogens is 264 g/mol. The Kier molecular flexibility index (Phi) is 4.63. The average Bonchev–Trinajstić information content (AvgIpc) is 2.42. The van der Waals surface area contributed by atoms with Gasteiger partial charge in [0.25, 0.3) is 0 Å². The maximum Gasteiger partial charge on any atom is 0.170 e. The zero-order valence-corrected chi connectivity index (χ0v) is 11.8. The maximum absolute atomic E-state index is 8.64. The summed E-state index contributed by atoms with van der Waals surface area (Å²) in [5.41, 5.74) is 7.24. The van der Waals surface area contributed by atoms with E-state index in [4.69, 9.17) is 22.5 Å². The second-order valence-electron chi connectivity index (χ2n) is 4.87. The molecule has 0 aliphatic carbocycles. The number of rotatable bonds is 3. The standard InChI is InChI=1S/C13H19ClN4O/c1-17-4-6-18(7-5-17)9-11-3-2-10(8-12(11)14)13(15)16-19/h2-3,8,19H,4-7,9H2,1H3,(H2,15,16). The van der Waals surface area contributed by atoms with E-state index in [1.165, 1.54) is 0 Å². The lowest BCUT2D eigenvalue weighted by molar-refractivity contribution is 0.148. The third-order valence-corrected chi connectivity index (χ3v) is 3.80. The first-order chi connectivity index (χ1) is 9.10. The van der Waals surface area contributed by atoms with Gasteiger partial charge in [-0.05, 0) is 18.7 Å². The van der Waals surface area contributed by atoms with E-state index in [2.05, 4.69) is 22.0 Å². The minimum Gasteiger partial charge on any atom is -0.409 e. The van der Waals surface area contributed by atoms with Gasteiger partial charge >= 0.3 is 0 Å². The summed E-state index contributed by atoms with van der Waals surface area (Å²) in [5.74, 6) is 0.0769. The Morgan fingerprint density at radius 2 is 2.05 bits per heavy atom. The van der Waals surface area contributed by atoms with Crippen molar-refractivity contribution in [3.8, 4) is 0 Å². The highest BCUT2D eigenvalue weighted by Crippen LogP contribution is 2.20. The van der Waals surface area contributed by atoms with Crippen LogP contribution in [0.4, 0.5) is 0 Å². The van der Waals surface area contributed by atoms with Crippen molar-refractivity contribution in [2.45, 2.75) is 6.54 Å². The number of likely N-dealkylation sites (N-methyl/N-ethyl adjacent to an activating group) is 1. The molecule has 19 heavy (non-hydrogen) atoms. The van der Waals surface area contributed by atoms with Crippen LogP contribution in [-0.2, 0) is 6.54 Å². The lowest BCUT2D eigenvalue weighted by Gasteiger charge is -2.32.